The smallest absolute Gasteiger partial charge is 0.303 e. The third-order valence-electron chi connectivity index (χ3n) is 4.38. The SMILES string of the molecule is NC(=O)c1ccc(F)cc1NC(=O)CCC(=O)O.O=C(O)CCc1nc2cc(F)ccc2c(=O)[nH]1. The van der Waals surface area contributed by atoms with Crippen molar-refractivity contribution in [1.82, 2.24) is 9.97 Å². The monoisotopic (exact) mass is 490 g/mol. The number of halogens is 2. The lowest BCUT2D eigenvalue weighted by molar-refractivity contribution is -0.138. The number of fused-ring (bicyclic) bond motifs is 1. The number of aromatic nitrogens is 2. The number of aliphatic carboxylic acids is 2. The second kappa shape index (κ2) is 12.0. The van der Waals surface area contributed by atoms with Crippen LogP contribution in [0.25, 0.3) is 10.9 Å². The summed E-state index contributed by atoms with van der Waals surface area (Å²) in [7, 11) is 0. The standard InChI is InChI=1S/C11H11FN2O4.C11H9FN2O3/c12-6-1-2-7(11(13)18)8(5-6)14-9(15)3-4-10(16)17;12-6-1-2-7-8(5-6)13-9(14-11(7)17)3-4-10(15)16/h1-2,5H,3-4H2,(H2,13,18)(H,14,15)(H,16,17);1-2,5H,3-4H2,(H,15,16)(H,13,14,17). The number of nitrogens with one attached hydrogen (secondary N) is 2. The van der Waals surface area contributed by atoms with Gasteiger partial charge in [0.2, 0.25) is 5.91 Å². The van der Waals surface area contributed by atoms with Crippen molar-refractivity contribution in [1.29, 1.82) is 0 Å². The number of aryl methyl sites for hydroxylation is 1. The fourth-order valence-electron chi connectivity index (χ4n) is 2.77. The molecule has 11 nitrogen and oxygen atoms in total. The Morgan fingerprint density at radius 1 is 0.943 bits per heavy atom. The average molecular weight is 490 g/mol. The highest BCUT2D eigenvalue weighted by Gasteiger charge is 2.13. The number of H-pyrrole nitrogens is 1. The number of carbonyl (C=O) groups excluding carboxylic acids is 2. The van der Waals surface area contributed by atoms with Crippen molar-refractivity contribution in [3.05, 3.63) is 69.8 Å². The Bertz CT molecular complexity index is 1340. The maximum atomic E-state index is 13.0. The van der Waals surface area contributed by atoms with Crippen LogP contribution in [0.3, 0.4) is 0 Å². The lowest BCUT2D eigenvalue weighted by atomic mass is 10.1. The molecule has 35 heavy (non-hydrogen) atoms. The fraction of sp³-hybridized carbons (Fsp3) is 0.182. The number of carbonyl (C=O) groups is 4. The van der Waals surface area contributed by atoms with Gasteiger partial charge in [0.05, 0.1) is 35.0 Å². The van der Waals surface area contributed by atoms with E-state index in [-0.39, 0.29) is 53.7 Å². The number of rotatable bonds is 8. The lowest BCUT2D eigenvalue weighted by Crippen LogP contribution is -2.19. The predicted molar refractivity (Wildman–Crippen MR) is 119 cm³/mol. The summed E-state index contributed by atoms with van der Waals surface area (Å²) < 4.78 is 25.9. The van der Waals surface area contributed by atoms with E-state index in [1.54, 1.807) is 0 Å². The molecule has 0 radical (unpaired) electrons. The highest BCUT2D eigenvalue weighted by molar-refractivity contribution is 6.03. The van der Waals surface area contributed by atoms with E-state index in [9.17, 15) is 32.8 Å². The van der Waals surface area contributed by atoms with Crippen LogP contribution >= 0.6 is 0 Å². The summed E-state index contributed by atoms with van der Waals surface area (Å²) >= 11 is 0. The summed E-state index contributed by atoms with van der Waals surface area (Å²) in [4.78, 5) is 61.1. The molecule has 184 valence electrons. The predicted octanol–water partition coefficient (Wildman–Crippen LogP) is 1.81. The molecule has 6 N–H and O–H groups in total. The van der Waals surface area contributed by atoms with Crippen molar-refractivity contribution >= 4 is 40.3 Å². The van der Waals surface area contributed by atoms with Crippen LogP contribution in [0.4, 0.5) is 14.5 Å². The number of carboxylic acids is 2. The quantitative estimate of drug-likeness (QED) is 0.315. The van der Waals surface area contributed by atoms with Gasteiger partial charge < -0.3 is 26.2 Å². The van der Waals surface area contributed by atoms with Crippen LogP contribution in [0.2, 0.25) is 0 Å². The summed E-state index contributed by atoms with van der Waals surface area (Å²) in [5, 5.41) is 19.5. The van der Waals surface area contributed by atoms with Gasteiger partial charge >= 0.3 is 11.9 Å². The molecule has 0 aliphatic heterocycles. The molecule has 1 heterocycles. The number of benzene rings is 2. The minimum absolute atomic E-state index is 0.0416. The first kappa shape index (κ1) is 26.6. The Labute approximate surface area is 195 Å². The van der Waals surface area contributed by atoms with E-state index >= 15 is 0 Å². The number of carboxylic acid groups (broad SMARTS) is 2. The summed E-state index contributed by atoms with van der Waals surface area (Å²) in [5.41, 5.74) is 4.78. The van der Waals surface area contributed by atoms with E-state index in [1.165, 1.54) is 12.1 Å². The molecule has 0 aliphatic rings. The van der Waals surface area contributed by atoms with Crippen LogP contribution in [-0.2, 0) is 20.8 Å². The van der Waals surface area contributed by atoms with E-state index in [2.05, 4.69) is 15.3 Å². The molecule has 0 spiro atoms. The highest BCUT2D eigenvalue weighted by atomic mass is 19.1. The number of hydrogen-bond donors (Lipinski definition) is 5. The van der Waals surface area contributed by atoms with Crippen molar-refractivity contribution in [2.75, 3.05) is 5.32 Å². The first-order valence-corrected chi connectivity index (χ1v) is 9.97. The Balaban J connectivity index is 0.000000247. The van der Waals surface area contributed by atoms with Crippen molar-refractivity contribution in [2.24, 2.45) is 5.73 Å². The molecule has 2 aromatic carbocycles. The first-order chi connectivity index (χ1) is 16.5. The Morgan fingerprint density at radius 2 is 1.57 bits per heavy atom. The van der Waals surface area contributed by atoms with Gasteiger partial charge in [-0.25, -0.2) is 13.8 Å². The molecule has 0 saturated heterocycles. The Morgan fingerprint density at radius 3 is 2.20 bits per heavy atom. The number of nitrogens with zero attached hydrogens (tertiary/aromatic N) is 1. The van der Waals surface area contributed by atoms with Gasteiger partial charge in [-0.2, -0.15) is 0 Å². The van der Waals surface area contributed by atoms with Gasteiger partial charge in [-0.05, 0) is 30.3 Å². The Kier molecular flexibility index (Phi) is 9.09. The van der Waals surface area contributed by atoms with E-state index in [0.717, 1.165) is 24.3 Å². The van der Waals surface area contributed by atoms with Gasteiger partial charge in [0.1, 0.15) is 17.5 Å². The van der Waals surface area contributed by atoms with Crippen molar-refractivity contribution < 1.29 is 38.2 Å². The summed E-state index contributed by atoms with van der Waals surface area (Å²) in [6.45, 7) is 0. The van der Waals surface area contributed by atoms with Crippen LogP contribution in [0.15, 0.2) is 41.2 Å². The van der Waals surface area contributed by atoms with Crippen molar-refractivity contribution in [3.63, 3.8) is 0 Å². The largest absolute Gasteiger partial charge is 0.481 e. The third kappa shape index (κ3) is 8.31. The van der Waals surface area contributed by atoms with Crippen molar-refractivity contribution in [3.8, 4) is 0 Å². The van der Waals surface area contributed by atoms with Gasteiger partial charge in [0.15, 0.2) is 0 Å². The zero-order valence-electron chi connectivity index (χ0n) is 18.0. The second-order valence-corrected chi connectivity index (χ2v) is 7.06. The maximum absolute atomic E-state index is 13.0. The molecule has 0 fully saturated rings. The molecular formula is C22H20F2N4O7. The minimum atomic E-state index is -1.13. The van der Waals surface area contributed by atoms with E-state index in [0.29, 0.717) is 0 Å². The number of anilines is 1. The van der Waals surface area contributed by atoms with E-state index in [4.69, 9.17) is 15.9 Å². The van der Waals surface area contributed by atoms with Gasteiger partial charge in [-0.15, -0.1) is 0 Å². The molecule has 0 bridgehead atoms. The molecule has 1 aromatic heterocycles. The van der Waals surface area contributed by atoms with Gasteiger partial charge in [-0.3, -0.25) is 24.0 Å². The van der Waals surface area contributed by atoms with Gasteiger partial charge in [0, 0.05) is 18.9 Å². The van der Waals surface area contributed by atoms with Crippen LogP contribution in [0.5, 0.6) is 0 Å². The summed E-state index contributed by atoms with van der Waals surface area (Å²) in [5.74, 6) is -4.44. The van der Waals surface area contributed by atoms with E-state index < -0.39 is 40.9 Å². The molecule has 0 atom stereocenters. The lowest BCUT2D eigenvalue weighted by Gasteiger charge is -2.08. The minimum Gasteiger partial charge on any atom is -0.481 e. The average Bonchev–Trinajstić information content (AvgIpc) is 2.76. The molecule has 0 unspecified atom stereocenters. The van der Waals surface area contributed by atoms with Crippen LogP contribution in [0.1, 0.15) is 35.4 Å². The number of amides is 2. The molecule has 2 amide bonds. The van der Waals surface area contributed by atoms with E-state index in [1.807, 2.05) is 0 Å². The molecule has 3 rings (SSSR count). The zero-order valence-corrected chi connectivity index (χ0v) is 18.0. The second-order valence-electron chi connectivity index (χ2n) is 7.06. The normalized spacial score (nSPS) is 10.2. The van der Waals surface area contributed by atoms with Crippen molar-refractivity contribution in [2.45, 2.75) is 25.7 Å². The third-order valence-corrected chi connectivity index (χ3v) is 4.38. The molecule has 0 saturated carbocycles. The maximum Gasteiger partial charge on any atom is 0.303 e. The number of aromatic amines is 1. The number of nitrogens with two attached hydrogens (primary N) is 1. The summed E-state index contributed by atoms with van der Waals surface area (Å²) in [6, 6.07) is 6.79. The molecule has 13 heteroatoms. The molecule has 3 aromatic rings. The first-order valence-electron chi connectivity index (χ1n) is 9.97. The fourth-order valence-corrected chi connectivity index (χ4v) is 2.77. The van der Waals surface area contributed by atoms with Crippen LogP contribution in [0, 0.1) is 11.6 Å². The topological polar surface area (TPSA) is 193 Å². The number of primary amides is 1. The summed E-state index contributed by atoms with van der Waals surface area (Å²) in [6.07, 6.45) is -0.655. The van der Waals surface area contributed by atoms with Crippen LogP contribution < -0.4 is 16.6 Å². The highest BCUT2D eigenvalue weighted by Crippen LogP contribution is 2.17. The zero-order chi connectivity index (χ0) is 26.1. The van der Waals surface area contributed by atoms with Gasteiger partial charge in [-0.1, -0.05) is 0 Å². The van der Waals surface area contributed by atoms with Crippen LogP contribution in [-0.4, -0.2) is 43.9 Å². The Hall–Kier alpha value is -4.68. The number of hydrogen-bond acceptors (Lipinski definition) is 6. The molecule has 0 aliphatic carbocycles. The van der Waals surface area contributed by atoms with Gasteiger partial charge in [0.25, 0.3) is 11.5 Å². The molecular weight excluding hydrogens is 470 g/mol.